The first-order valence-electron chi connectivity index (χ1n) is 5.70. The van der Waals surface area contributed by atoms with Gasteiger partial charge in [0.1, 0.15) is 5.82 Å². The fraction of sp³-hybridized carbons (Fsp3) is 0.308. The summed E-state index contributed by atoms with van der Waals surface area (Å²) in [5.41, 5.74) is 7.46. The Balaban J connectivity index is 2.12. The first kappa shape index (κ1) is 11.7. The second-order valence-corrected chi connectivity index (χ2v) is 4.38. The molecule has 0 bridgehead atoms. The van der Waals surface area contributed by atoms with Gasteiger partial charge in [0.15, 0.2) is 0 Å². The molecule has 4 heteroatoms. The maximum atomic E-state index is 5.73. The van der Waals surface area contributed by atoms with Gasteiger partial charge >= 0.3 is 0 Å². The van der Waals surface area contributed by atoms with Crippen molar-refractivity contribution in [1.82, 2.24) is 9.88 Å². The number of nitrogen functional groups attached to an aromatic ring is 1. The van der Waals surface area contributed by atoms with Gasteiger partial charge in [-0.15, -0.1) is 0 Å². The number of nitrogens with one attached hydrogen (secondary N) is 1. The third-order valence-electron chi connectivity index (χ3n) is 2.58. The fourth-order valence-corrected chi connectivity index (χ4v) is 1.65. The quantitative estimate of drug-likeness (QED) is 0.786. The number of anilines is 2. The normalized spacial score (nSPS) is 11.0. The van der Waals surface area contributed by atoms with Gasteiger partial charge in [0.25, 0.3) is 0 Å². The molecule has 0 aliphatic heterocycles. The van der Waals surface area contributed by atoms with Gasteiger partial charge in [0.05, 0.1) is 5.52 Å². The van der Waals surface area contributed by atoms with Gasteiger partial charge in [0, 0.05) is 24.2 Å². The van der Waals surface area contributed by atoms with Crippen LogP contribution in [0.1, 0.15) is 0 Å². The number of aromatic nitrogens is 1. The fourth-order valence-electron chi connectivity index (χ4n) is 1.65. The molecule has 0 unspecified atom stereocenters. The van der Waals surface area contributed by atoms with E-state index in [0.29, 0.717) is 0 Å². The third kappa shape index (κ3) is 3.07. The molecular weight excluding hydrogens is 212 g/mol. The van der Waals surface area contributed by atoms with E-state index in [0.717, 1.165) is 35.5 Å². The summed E-state index contributed by atoms with van der Waals surface area (Å²) < 4.78 is 0. The molecule has 0 saturated carbocycles. The summed E-state index contributed by atoms with van der Waals surface area (Å²) in [6.45, 7) is 1.88. The van der Waals surface area contributed by atoms with Crippen molar-refractivity contribution in [2.45, 2.75) is 0 Å². The third-order valence-corrected chi connectivity index (χ3v) is 2.58. The average Bonchev–Trinajstić information content (AvgIpc) is 2.29. The monoisotopic (exact) mass is 230 g/mol. The molecule has 2 aromatic rings. The number of hydrogen-bond donors (Lipinski definition) is 2. The van der Waals surface area contributed by atoms with Crippen molar-refractivity contribution >= 4 is 22.4 Å². The maximum absolute atomic E-state index is 5.73. The molecule has 0 aliphatic carbocycles. The van der Waals surface area contributed by atoms with E-state index in [9.17, 15) is 0 Å². The number of rotatable bonds is 4. The molecule has 0 radical (unpaired) electrons. The van der Waals surface area contributed by atoms with Gasteiger partial charge < -0.3 is 16.0 Å². The highest BCUT2D eigenvalue weighted by Crippen LogP contribution is 2.17. The molecule has 0 saturated heterocycles. The van der Waals surface area contributed by atoms with Crippen LogP contribution in [-0.2, 0) is 0 Å². The Labute approximate surface area is 101 Å². The van der Waals surface area contributed by atoms with Gasteiger partial charge in [-0.05, 0) is 44.4 Å². The molecule has 1 aromatic heterocycles. The Hall–Kier alpha value is -1.81. The minimum Gasteiger partial charge on any atom is -0.399 e. The molecule has 0 fully saturated rings. The average molecular weight is 230 g/mol. The molecule has 1 heterocycles. The molecule has 0 aliphatic rings. The Morgan fingerprint density at radius 3 is 2.82 bits per heavy atom. The lowest BCUT2D eigenvalue weighted by Gasteiger charge is -2.11. The summed E-state index contributed by atoms with van der Waals surface area (Å²) >= 11 is 0. The SMILES string of the molecule is CN(C)CCNc1ccc2cc(N)ccc2n1. The molecule has 0 atom stereocenters. The molecule has 3 N–H and O–H groups in total. The Morgan fingerprint density at radius 2 is 2.06 bits per heavy atom. The van der Waals surface area contributed by atoms with Crippen LogP contribution in [0.15, 0.2) is 30.3 Å². The first-order valence-corrected chi connectivity index (χ1v) is 5.70. The first-order chi connectivity index (χ1) is 8.15. The molecular formula is C13H18N4. The van der Waals surface area contributed by atoms with Crippen LogP contribution in [-0.4, -0.2) is 37.1 Å². The van der Waals surface area contributed by atoms with Gasteiger partial charge in [0.2, 0.25) is 0 Å². The molecule has 0 spiro atoms. The molecule has 0 amide bonds. The molecule has 17 heavy (non-hydrogen) atoms. The van der Waals surface area contributed by atoms with E-state index in [1.54, 1.807) is 0 Å². The van der Waals surface area contributed by atoms with Crippen molar-refractivity contribution in [3.05, 3.63) is 30.3 Å². The van der Waals surface area contributed by atoms with Crippen LogP contribution in [0, 0.1) is 0 Å². The largest absolute Gasteiger partial charge is 0.399 e. The summed E-state index contributed by atoms with van der Waals surface area (Å²) in [6.07, 6.45) is 0. The topological polar surface area (TPSA) is 54.2 Å². The van der Waals surface area contributed by atoms with Crippen LogP contribution in [0.4, 0.5) is 11.5 Å². The van der Waals surface area contributed by atoms with Gasteiger partial charge in [-0.2, -0.15) is 0 Å². The number of nitrogens with zero attached hydrogens (tertiary/aromatic N) is 2. The Bertz CT molecular complexity index is 508. The second-order valence-electron chi connectivity index (χ2n) is 4.38. The maximum Gasteiger partial charge on any atom is 0.126 e. The Morgan fingerprint density at radius 1 is 1.24 bits per heavy atom. The minimum absolute atomic E-state index is 0.771. The van der Waals surface area contributed by atoms with E-state index < -0.39 is 0 Å². The number of pyridine rings is 1. The summed E-state index contributed by atoms with van der Waals surface area (Å²) in [4.78, 5) is 6.66. The van der Waals surface area contributed by atoms with E-state index >= 15 is 0 Å². The summed E-state index contributed by atoms with van der Waals surface area (Å²) in [6, 6.07) is 9.78. The lowest BCUT2D eigenvalue weighted by molar-refractivity contribution is 0.425. The molecule has 90 valence electrons. The zero-order chi connectivity index (χ0) is 12.3. The molecule has 4 nitrogen and oxygen atoms in total. The van der Waals surface area contributed by atoms with Crippen LogP contribution in [0.25, 0.3) is 10.9 Å². The summed E-state index contributed by atoms with van der Waals surface area (Å²) in [5.74, 6) is 0.907. The highest BCUT2D eigenvalue weighted by Gasteiger charge is 1.98. The second kappa shape index (κ2) is 5.01. The highest BCUT2D eigenvalue weighted by molar-refractivity contribution is 5.83. The van der Waals surface area contributed by atoms with Crippen LogP contribution in [0.5, 0.6) is 0 Å². The number of nitrogens with two attached hydrogens (primary N) is 1. The van der Waals surface area contributed by atoms with Crippen molar-refractivity contribution in [1.29, 1.82) is 0 Å². The highest BCUT2D eigenvalue weighted by atomic mass is 15.1. The van der Waals surface area contributed by atoms with E-state index in [1.165, 1.54) is 0 Å². The number of fused-ring (bicyclic) bond motifs is 1. The van der Waals surface area contributed by atoms with E-state index in [-0.39, 0.29) is 0 Å². The van der Waals surface area contributed by atoms with Gasteiger partial charge in [-0.25, -0.2) is 4.98 Å². The standard InChI is InChI=1S/C13H18N4/c1-17(2)8-7-15-13-6-3-10-9-11(14)4-5-12(10)16-13/h3-6,9H,7-8,14H2,1-2H3,(H,15,16). The van der Waals surface area contributed by atoms with Crippen molar-refractivity contribution in [3.8, 4) is 0 Å². The van der Waals surface area contributed by atoms with Crippen molar-refractivity contribution in [2.24, 2.45) is 0 Å². The summed E-state index contributed by atoms with van der Waals surface area (Å²) in [7, 11) is 4.11. The van der Waals surface area contributed by atoms with E-state index in [1.807, 2.05) is 30.3 Å². The predicted molar refractivity (Wildman–Crippen MR) is 73.2 cm³/mol. The van der Waals surface area contributed by atoms with Gasteiger partial charge in [-0.1, -0.05) is 0 Å². The smallest absolute Gasteiger partial charge is 0.126 e. The molecule has 1 aromatic carbocycles. The van der Waals surface area contributed by atoms with Crippen molar-refractivity contribution in [2.75, 3.05) is 38.2 Å². The van der Waals surface area contributed by atoms with Crippen molar-refractivity contribution in [3.63, 3.8) is 0 Å². The lowest BCUT2D eigenvalue weighted by Crippen LogP contribution is -2.21. The van der Waals surface area contributed by atoms with Crippen LogP contribution >= 0.6 is 0 Å². The van der Waals surface area contributed by atoms with Crippen LogP contribution in [0.2, 0.25) is 0 Å². The zero-order valence-electron chi connectivity index (χ0n) is 10.3. The van der Waals surface area contributed by atoms with Crippen LogP contribution < -0.4 is 11.1 Å². The lowest BCUT2D eigenvalue weighted by atomic mass is 10.2. The van der Waals surface area contributed by atoms with E-state index in [4.69, 9.17) is 5.73 Å². The molecule has 2 rings (SSSR count). The van der Waals surface area contributed by atoms with Crippen molar-refractivity contribution < 1.29 is 0 Å². The number of likely N-dealkylation sites (N-methyl/N-ethyl adjacent to an activating group) is 1. The van der Waals surface area contributed by atoms with Gasteiger partial charge in [-0.3, -0.25) is 0 Å². The summed E-state index contributed by atoms with van der Waals surface area (Å²) in [5, 5.41) is 4.37. The minimum atomic E-state index is 0.771. The predicted octanol–water partition coefficient (Wildman–Crippen LogP) is 1.79. The number of benzene rings is 1. The van der Waals surface area contributed by atoms with Crippen LogP contribution in [0.3, 0.4) is 0 Å². The van der Waals surface area contributed by atoms with E-state index in [2.05, 4.69) is 29.3 Å². The Kier molecular flexibility index (Phi) is 3.44. The zero-order valence-corrected chi connectivity index (χ0v) is 10.3. The number of hydrogen-bond acceptors (Lipinski definition) is 4.